The number of rotatable bonds is 6. The zero-order valence-electron chi connectivity index (χ0n) is 12.5. The monoisotopic (exact) mass is 310 g/mol. The molecule has 3 rings (SSSR count). The Labute approximate surface area is 134 Å². The van der Waals surface area contributed by atoms with Crippen molar-refractivity contribution in [3.8, 4) is 16.2 Å². The molecule has 0 saturated heterocycles. The minimum Gasteiger partial charge on any atom is -0.497 e. The number of anilines is 1. The molecule has 0 atom stereocenters. The van der Waals surface area contributed by atoms with Crippen LogP contribution in [0.5, 0.6) is 5.75 Å². The molecule has 2 aromatic carbocycles. The largest absolute Gasteiger partial charge is 0.497 e. The Morgan fingerprint density at radius 2 is 1.82 bits per heavy atom. The van der Waals surface area contributed by atoms with E-state index < -0.39 is 0 Å². The Morgan fingerprint density at radius 3 is 2.55 bits per heavy atom. The molecule has 4 heteroatoms. The first-order valence-corrected chi connectivity index (χ1v) is 8.05. The maximum Gasteiger partial charge on any atom is 0.183 e. The smallest absolute Gasteiger partial charge is 0.183 e. The molecular weight excluding hydrogens is 292 g/mol. The lowest BCUT2D eigenvalue weighted by molar-refractivity contribution is 0.415. The summed E-state index contributed by atoms with van der Waals surface area (Å²) < 4.78 is 5.18. The van der Waals surface area contributed by atoms with Gasteiger partial charge in [0.05, 0.1) is 12.0 Å². The van der Waals surface area contributed by atoms with Crippen LogP contribution in [0.4, 0.5) is 5.13 Å². The summed E-state index contributed by atoms with van der Waals surface area (Å²) in [5.41, 5.74) is 2.50. The first kappa shape index (κ1) is 14.6. The van der Waals surface area contributed by atoms with Gasteiger partial charge in [0, 0.05) is 12.7 Å². The lowest BCUT2D eigenvalue weighted by Gasteiger charge is -2.02. The molecule has 3 nitrogen and oxygen atoms in total. The van der Waals surface area contributed by atoms with Gasteiger partial charge in [-0.15, -0.1) is 0 Å². The van der Waals surface area contributed by atoms with Crippen molar-refractivity contribution < 1.29 is 4.74 Å². The highest BCUT2D eigenvalue weighted by molar-refractivity contribution is 7.18. The number of benzene rings is 2. The second-order valence-corrected chi connectivity index (χ2v) is 5.95. The molecule has 0 bridgehead atoms. The Kier molecular flexibility index (Phi) is 4.71. The predicted octanol–water partition coefficient (Wildman–Crippen LogP) is 4.47. The van der Waals surface area contributed by atoms with Crippen LogP contribution in [0.15, 0.2) is 60.8 Å². The van der Waals surface area contributed by atoms with Crippen LogP contribution in [-0.4, -0.2) is 18.6 Å². The molecule has 1 aromatic heterocycles. The van der Waals surface area contributed by atoms with Gasteiger partial charge in [-0.25, -0.2) is 4.98 Å². The van der Waals surface area contributed by atoms with Gasteiger partial charge in [0.15, 0.2) is 5.13 Å². The van der Waals surface area contributed by atoms with Crippen LogP contribution >= 0.6 is 11.3 Å². The first-order valence-electron chi connectivity index (χ1n) is 7.23. The highest BCUT2D eigenvalue weighted by Crippen LogP contribution is 2.30. The van der Waals surface area contributed by atoms with Crippen LogP contribution in [0.3, 0.4) is 0 Å². The molecule has 0 aliphatic rings. The topological polar surface area (TPSA) is 34.1 Å². The van der Waals surface area contributed by atoms with Gasteiger partial charge in [0.2, 0.25) is 0 Å². The number of ether oxygens (including phenoxy) is 1. The lowest BCUT2D eigenvalue weighted by Crippen LogP contribution is -2.03. The number of nitrogens with one attached hydrogen (secondary N) is 1. The van der Waals surface area contributed by atoms with E-state index in [2.05, 4.69) is 46.7 Å². The fourth-order valence-corrected chi connectivity index (χ4v) is 3.05. The molecule has 3 aromatic rings. The van der Waals surface area contributed by atoms with Crippen molar-refractivity contribution in [2.45, 2.75) is 6.42 Å². The van der Waals surface area contributed by atoms with Gasteiger partial charge < -0.3 is 10.1 Å². The zero-order chi connectivity index (χ0) is 15.2. The van der Waals surface area contributed by atoms with Crippen LogP contribution in [0.25, 0.3) is 10.4 Å². The number of thiazole rings is 1. The quantitative estimate of drug-likeness (QED) is 0.729. The van der Waals surface area contributed by atoms with Crippen LogP contribution in [-0.2, 0) is 6.42 Å². The summed E-state index contributed by atoms with van der Waals surface area (Å²) in [6, 6.07) is 18.5. The predicted molar refractivity (Wildman–Crippen MR) is 92.7 cm³/mol. The fraction of sp³-hybridized carbons (Fsp3) is 0.167. The molecule has 0 fully saturated rings. The summed E-state index contributed by atoms with van der Waals surface area (Å²) in [6.45, 7) is 0.888. The van der Waals surface area contributed by atoms with Crippen molar-refractivity contribution in [3.05, 3.63) is 66.4 Å². The van der Waals surface area contributed by atoms with Crippen molar-refractivity contribution >= 4 is 16.5 Å². The van der Waals surface area contributed by atoms with Crippen LogP contribution in [0.1, 0.15) is 5.56 Å². The second kappa shape index (κ2) is 7.09. The Balaban J connectivity index is 1.58. The number of methoxy groups -OCH3 is 1. The van der Waals surface area contributed by atoms with Crippen molar-refractivity contribution in [1.29, 1.82) is 0 Å². The number of nitrogens with zero attached hydrogens (tertiary/aromatic N) is 1. The van der Waals surface area contributed by atoms with E-state index in [4.69, 9.17) is 4.74 Å². The highest BCUT2D eigenvalue weighted by atomic mass is 32.1. The Morgan fingerprint density at radius 1 is 1.05 bits per heavy atom. The third-order valence-corrected chi connectivity index (χ3v) is 4.42. The van der Waals surface area contributed by atoms with Gasteiger partial charge in [-0.05, 0) is 41.8 Å². The lowest BCUT2D eigenvalue weighted by atomic mass is 10.2. The van der Waals surface area contributed by atoms with Gasteiger partial charge in [-0.3, -0.25) is 0 Å². The van der Waals surface area contributed by atoms with Crippen LogP contribution in [0.2, 0.25) is 0 Å². The minimum atomic E-state index is 0.870. The number of aromatic nitrogens is 1. The second-order valence-electron chi connectivity index (χ2n) is 4.92. The summed E-state index contributed by atoms with van der Waals surface area (Å²) >= 11 is 1.67. The van der Waals surface area contributed by atoms with E-state index in [1.165, 1.54) is 5.56 Å². The maximum absolute atomic E-state index is 5.18. The molecular formula is C18H18N2OS. The van der Waals surface area contributed by atoms with Crippen molar-refractivity contribution in [2.24, 2.45) is 0 Å². The van der Waals surface area contributed by atoms with Crippen LogP contribution < -0.4 is 10.1 Å². The van der Waals surface area contributed by atoms with Crippen molar-refractivity contribution in [3.63, 3.8) is 0 Å². The molecule has 0 amide bonds. The summed E-state index contributed by atoms with van der Waals surface area (Å²) in [5.74, 6) is 0.870. The van der Waals surface area contributed by atoms with Gasteiger partial charge >= 0.3 is 0 Å². The number of hydrogen-bond donors (Lipinski definition) is 1. The standard InChI is InChI=1S/C18H18N2OS/c1-21-16-9-7-15(8-10-16)17-13-20-18(22-17)19-12-11-14-5-3-2-4-6-14/h2-10,13H,11-12H2,1H3,(H,19,20). The third-order valence-electron chi connectivity index (χ3n) is 3.41. The molecule has 0 unspecified atom stereocenters. The van der Waals surface area contributed by atoms with E-state index in [9.17, 15) is 0 Å². The molecule has 0 aliphatic heterocycles. The average Bonchev–Trinajstić information content (AvgIpc) is 3.05. The minimum absolute atomic E-state index is 0.870. The Hall–Kier alpha value is -2.33. The van der Waals surface area contributed by atoms with E-state index in [0.717, 1.165) is 34.3 Å². The number of hydrogen-bond acceptors (Lipinski definition) is 4. The fourth-order valence-electron chi connectivity index (χ4n) is 2.20. The molecule has 1 N–H and O–H groups in total. The average molecular weight is 310 g/mol. The van der Waals surface area contributed by atoms with Gasteiger partial charge in [-0.1, -0.05) is 41.7 Å². The molecule has 0 aliphatic carbocycles. The van der Waals surface area contributed by atoms with Crippen molar-refractivity contribution in [1.82, 2.24) is 4.98 Å². The molecule has 0 saturated carbocycles. The molecule has 1 heterocycles. The summed E-state index contributed by atoms with van der Waals surface area (Å²) in [5, 5.41) is 4.35. The maximum atomic E-state index is 5.18. The summed E-state index contributed by atoms with van der Waals surface area (Å²) in [6.07, 6.45) is 2.91. The SMILES string of the molecule is COc1ccc(-c2cnc(NCCc3ccccc3)s2)cc1. The van der Waals surface area contributed by atoms with Gasteiger partial charge in [-0.2, -0.15) is 0 Å². The van der Waals surface area contributed by atoms with E-state index in [0.29, 0.717) is 0 Å². The van der Waals surface area contributed by atoms with Gasteiger partial charge in [0.25, 0.3) is 0 Å². The Bertz CT molecular complexity index is 707. The van der Waals surface area contributed by atoms with Crippen molar-refractivity contribution in [2.75, 3.05) is 19.0 Å². The zero-order valence-corrected chi connectivity index (χ0v) is 13.3. The normalized spacial score (nSPS) is 10.4. The molecule has 22 heavy (non-hydrogen) atoms. The summed E-state index contributed by atoms with van der Waals surface area (Å²) in [7, 11) is 1.68. The van der Waals surface area contributed by atoms with Crippen LogP contribution in [0, 0.1) is 0 Å². The molecule has 0 radical (unpaired) electrons. The first-order chi connectivity index (χ1) is 10.8. The highest BCUT2D eigenvalue weighted by Gasteiger charge is 2.04. The van der Waals surface area contributed by atoms with E-state index in [1.807, 2.05) is 24.4 Å². The molecule has 0 spiro atoms. The van der Waals surface area contributed by atoms with Gasteiger partial charge in [0.1, 0.15) is 5.75 Å². The summed E-state index contributed by atoms with van der Waals surface area (Å²) in [4.78, 5) is 5.60. The van der Waals surface area contributed by atoms with E-state index >= 15 is 0 Å². The van der Waals surface area contributed by atoms with E-state index in [-0.39, 0.29) is 0 Å². The third kappa shape index (κ3) is 3.65. The molecule has 112 valence electrons. The van der Waals surface area contributed by atoms with E-state index in [1.54, 1.807) is 18.4 Å².